The predicted octanol–water partition coefficient (Wildman–Crippen LogP) is 3.51. The van der Waals surface area contributed by atoms with Gasteiger partial charge in [-0.25, -0.2) is 4.39 Å². The lowest BCUT2D eigenvalue weighted by molar-refractivity contribution is 0.0944. The minimum atomic E-state index is -0.474. The molecule has 2 unspecified atom stereocenters. The summed E-state index contributed by atoms with van der Waals surface area (Å²) in [6.07, 6.45) is 3.28. The fourth-order valence-corrected chi connectivity index (χ4v) is 2.39. The van der Waals surface area contributed by atoms with Crippen molar-refractivity contribution in [3.63, 3.8) is 0 Å². The van der Waals surface area contributed by atoms with E-state index in [1.807, 2.05) is 0 Å². The molecule has 1 aromatic rings. The highest BCUT2D eigenvalue weighted by molar-refractivity contribution is 9.10. The van der Waals surface area contributed by atoms with Crippen LogP contribution in [-0.2, 0) is 0 Å². The Morgan fingerprint density at radius 2 is 2.35 bits per heavy atom. The van der Waals surface area contributed by atoms with Crippen molar-refractivity contribution in [1.29, 1.82) is 0 Å². The molecule has 1 N–H and O–H groups in total. The summed E-state index contributed by atoms with van der Waals surface area (Å²) in [6, 6.07) is 4.64. The number of carbonyl (C=O) groups excluding carboxylic acids is 1. The quantitative estimate of drug-likeness (QED) is 0.906. The van der Waals surface area contributed by atoms with Crippen molar-refractivity contribution in [1.82, 2.24) is 5.32 Å². The van der Waals surface area contributed by atoms with E-state index in [0.717, 1.165) is 19.3 Å². The maximum absolute atomic E-state index is 13.5. The van der Waals surface area contributed by atoms with Crippen LogP contribution in [0.1, 0.15) is 36.5 Å². The zero-order valence-electron chi connectivity index (χ0n) is 9.67. The molecule has 0 spiro atoms. The first-order valence-electron chi connectivity index (χ1n) is 5.87. The largest absolute Gasteiger partial charge is 0.349 e. The molecule has 17 heavy (non-hydrogen) atoms. The van der Waals surface area contributed by atoms with E-state index in [1.54, 1.807) is 6.07 Å². The van der Waals surface area contributed by atoms with Crippen molar-refractivity contribution in [2.45, 2.75) is 32.2 Å². The van der Waals surface area contributed by atoms with E-state index in [1.165, 1.54) is 12.1 Å². The van der Waals surface area contributed by atoms with Crippen LogP contribution in [0, 0.1) is 11.7 Å². The van der Waals surface area contributed by atoms with Crippen LogP contribution in [0.15, 0.2) is 22.7 Å². The molecule has 1 aromatic carbocycles. The van der Waals surface area contributed by atoms with Gasteiger partial charge in [0.2, 0.25) is 0 Å². The Balaban J connectivity index is 1.98. The van der Waals surface area contributed by atoms with Crippen molar-refractivity contribution < 1.29 is 9.18 Å². The number of amides is 1. The topological polar surface area (TPSA) is 29.1 Å². The van der Waals surface area contributed by atoms with Gasteiger partial charge in [0.05, 0.1) is 5.56 Å². The first kappa shape index (κ1) is 12.6. The lowest BCUT2D eigenvalue weighted by Gasteiger charge is -2.06. The van der Waals surface area contributed by atoms with Gasteiger partial charge in [0.15, 0.2) is 0 Å². The Labute approximate surface area is 109 Å². The molecule has 2 rings (SSSR count). The van der Waals surface area contributed by atoms with E-state index in [-0.39, 0.29) is 17.5 Å². The number of halogens is 2. The lowest BCUT2D eigenvalue weighted by Crippen LogP contribution is -2.27. The summed E-state index contributed by atoms with van der Waals surface area (Å²) in [5.74, 6) is -0.204. The van der Waals surface area contributed by atoms with E-state index in [4.69, 9.17) is 0 Å². The maximum atomic E-state index is 13.5. The van der Waals surface area contributed by atoms with E-state index in [9.17, 15) is 9.18 Å². The van der Waals surface area contributed by atoms with E-state index in [0.29, 0.717) is 10.4 Å². The molecular formula is C13H15BrFNO. The summed E-state index contributed by atoms with van der Waals surface area (Å²) < 4.78 is 14.2. The van der Waals surface area contributed by atoms with Crippen molar-refractivity contribution in [2.24, 2.45) is 5.92 Å². The summed E-state index contributed by atoms with van der Waals surface area (Å²) in [6.45, 7) is 2.13. The summed E-state index contributed by atoms with van der Waals surface area (Å²) in [5.41, 5.74) is 0.113. The monoisotopic (exact) mass is 299 g/mol. The van der Waals surface area contributed by atoms with Gasteiger partial charge in [-0.05, 0) is 37.0 Å². The Bertz CT molecular complexity index is 435. The van der Waals surface area contributed by atoms with Gasteiger partial charge in [-0.1, -0.05) is 29.3 Å². The summed E-state index contributed by atoms with van der Waals surface area (Å²) in [5, 5.41) is 2.87. The number of rotatable bonds is 4. The average molecular weight is 300 g/mol. The van der Waals surface area contributed by atoms with Crippen LogP contribution < -0.4 is 5.32 Å². The summed E-state index contributed by atoms with van der Waals surface area (Å²) in [7, 11) is 0. The molecule has 0 bridgehead atoms. The van der Waals surface area contributed by atoms with Crippen molar-refractivity contribution >= 4 is 21.8 Å². The standard InChI is InChI=1S/C13H15BrFNO/c1-2-3-8-6-12(8)16-13(17)10-7-9(14)4-5-11(10)15/h4-5,7-8,12H,2-3,6H2,1H3,(H,16,17). The van der Waals surface area contributed by atoms with Crippen LogP contribution >= 0.6 is 15.9 Å². The van der Waals surface area contributed by atoms with Crippen LogP contribution in [0.2, 0.25) is 0 Å². The van der Waals surface area contributed by atoms with Gasteiger partial charge in [0, 0.05) is 10.5 Å². The highest BCUT2D eigenvalue weighted by atomic mass is 79.9. The Kier molecular flexibility index (Phi) is 3.82. The minimum absolute atomic E-state index is 0.113. The fraction of sp³-hybridized carbons (Fsp3) is 0.462. The lowest BCUT2D eigenvalue weighted by atomic mass is 10.2. The van der Waals surface area contributed by atoms with Crippen LogP contribution in [0.4, 0.5) is 4.39 Å². The van der Waals surface area contributed by atoms with Crippen LogP contribution in [0.5, 0.6) is 0 Å². The Hall–Kier alpha value is -0.900. The second kappa shape index (κ2) is 5.17. The highest BCUT2D eigenvalue weighted by Gasteiger charge is 2.37. The fourth-order valence-electron chi connectivity index (χ4n) is 2.03. The normalized spacial score (nSPS) is 22.3. The molecule has 1 aliphatic carbocycles. The van der Waals surface area contributed by atoms with E-state index < -0.39 is 5.82 Å². The molecule has 1 saturated carbocycles. The second-order valence-electron chi connectivity index (χ2n) is 4.49. The van der Waals surface area contributed by atoms with Crippen molar-refractivity contribution in [2.75, 3.05) is 0 Å². The third-order valence-electron chi connectivity index (χ3n) is 3.07. The van der Waals surface area contributed by atoms with Crippen LogP contribution in [0.3, 0.4) is 0 Å². The molecule has 0 saturated heterocycles. The molecule has 0 heterocycles. The SMILES string of the molecule is CCCC1CC1NC(=O)c1cc(Br)ccc1F. The summed E-state index contributed by atoms with van der Waals surface area (Å²) >= 11 is 3.24. The number of carbonyl (C=O) groups is 1. The van der Waals surface area contributed by atoms with Crippen molar-refractivity contribution in [3.8, 4) is 0 Å². The average Bonchev–Trinajstić information content (AvgIpc) is 3.00. The number of hydrogen-bond donors (Lipinski definition) is 1. The van der Waals surface area contributed by atoms with Crippen molar-refractivity contribution in [3.05, 3.63) is 34.1 Å². The molecular weight excluding hydrogens is 285 g/mol. The predicted molar refractivity (Wildman–Crippen MR) is 68.4 cm³/mol. The molecule has 0 radical (unpaired) electrons. The maximum Gasteiger partial charge on any atom is 0.254 e. The van der Waals surface area contributed by atoms with E-state index >= 15 is 0 Å². The van der Waals surface area contributed by atoms with Gasteiger partial charge >= 0.3 is 0 Å². The van der Waals surface area contributed by atoms with Crippen LogP contribution in [-0.4, -0.2) is 11.9 Å². The minimum Gasteiger partial charge on any atom is -0.349 e. The van der Waals surface area contributed by atoms with Gasteiger partial charge in [0.1, 0.15) is 5.82 Å². The molecule has 0 aromatic heterocycles. The summed E-state index contributed by atoms with van der Waals surface area (Å²) in [4.78, 5) is 11.8. The molecule has 92 valence electrons. The smallest absolute Gasteiger partial charge is 0.254 e. The number of nitrogens with one attached hydrogen (secondary N) is 1. The van der Waals surface area contributed by atoms with Gasteiger partial charge < -0.3 is 5.32 Å². The first-order valence-corrected chi connectivity index (χ1v) is 6.67. The molecule has 2 atom stereocenters. The highest BCUT2D eigenvalue weighted by Crippen LogP contribution is 2.34. The van der Waals surface area contributed by atoms with Crippen LogP contribution in [0.25, 0.3) is 0 Å². The van der Waals surface area contributed by atoms with Gasteiger partial charge in [-0.15, -0.1) is 0 Å². The molecule has 1 fully saturated rings. The third kappa shape index (κ3) is 3.06. The third-order valence-corrected chi connectivity index (χ3v) is 3.56. The van der Waals surface area contributed by atoms with Gasteiger partial charge in [-0.2, -0.15) is 0 Å². The molecule has 1 amide bonds. The molecule has 2 nitrogen and oxygen atoms in total. The Morgan fingerprint density at radius 1 is 1.59 bits per heavy atom. The molecule has 4 heteroatoms. The van der Waals surface area contributed by atoms with E-state index in [2.05, 4.69) is 28.2 Å². The van der Waals surface area contributed by atoms with Gasteiger partial charge in [-0.3, -0.25) is 4.79 Å². The van der Waals surface area contributed by atoms with Gasteiger partial charge in [0.25, 0.3) is 5.91 Å². The number of benzene rings is 1. The Morgan fingerprint density at radius 3 is 3.06 bits per heavy atom. The zero-order valence-corrected chi connectivity index (χ0v) is 11.3. The molecule has 0 aliphatic heterocycles. The zero-order chi connectivity index (χ0) is 12.4. The molecule has 1 aliphatic rings. The second-order valence-corrected chi connectivity index (χ2v) is 5.40. The number of hydrogen-bond acceptors (Lipinski definition) is 1. The first-order chi connectivity index (χ1) is 8.11.